The summed E-state index contributed by atoms with van der Waals surface area (Å²) in [5.41, 5.74) is 0. The molecule has 0 aromatic heterocycles. The lowest BCUT2D eigenvalue weighted by Crippen LogP contribution is -2.27. The van der Waals surface area contributed by atoms with Gasteiger partial charge in [-0.2, -0.15) is 0 Å². The number of carboxylic acid groups (broad SMARTS) is 1. The van der Waals surface area contributed by atoms with Gasteiger partial charge in [-0.3, -0.25) is 4.79 Å². The zero-order valence-corrected chi connectivity index (χ0v) is 18.0. The lowest BCUT2D eigenvalue weighted by Gasteiger charge is -2.09. The molecule has 164 valence electrons. The Hall–Kier alpha value is -0.520. The van der Waals surface area contributed by atoms with Gasteiger partial charge in [0, 0.05) is 24.0 Å². The third kappa shape index (κ3) is 16.4. The number of nitrogens with one attached hydrogen (secondary N) is 1. The van der Waals surface area contributed by atoms with Crippen molar-refractivity contribution in [2.75, 3.05) is 65.2 Å². The van der Waals surface area contributed by atoms with E-state index >= 15 is 0 Å². The van der Waals surface area contributed by atoms with Crippen LogP contribution in [0.25, 0.3) is 0 Å². The number of rotatable bonds is 19. The summed E-state index contributed by atoms with van der Waals surface area (Å²) in [5.74, 6) is 0.370. The van der Waals surface area contributed by atoms with Crippen LogP contribution in [0.4, 0.5) is 0 Å². The summed E-state index contributed by atoms with van der Waals surface area (Å²) in [6.07, 6.45) is 5.19. The first kappa shape index (κ1) is 25.5. The van der Waals surface area contributed by atoms with Crippen LogP contribution >= 0.6 is 21.6 Å². The smallest absolute Gasteiger partial charge is 0.329 e. The molecule has 1 fully saturated rings. The highest BCUT2D eigenvalue weighted by Crippen LogP contribution is 2.39. The van der Waals surface area contributed by atoms with E-state index in [1.165, 1.54) is 18.6 Å². The number of carbonyl (C=O) groups is 2. The topological polar surface area (TPSA) is 103 Å². The molecule has 1 saturated heterocycles. The number of ether oxygens (including phenoxy) is 4. The Bertz CT molecular complexity index is 409. The summed E-state index contributed by atoms with van der Waals surface area (Å²) in [7, 11) is 3.95. The molecular weight excluding hydrogens is 406 g/mol. The van der Waals surface area contributed by atoms with Crippen LogP contribution in [0.5, 0.6) is 0 Å². The van der Waals surface area contributed by atoms with Crippen molar-refractivity contribution in [1.29, 1.82) is 0 Å². The molecule has 1 amide bonds. The zero-order chi connectivity index (χ0) is 20.3. The number of hydrogen-bond donors (Lipinski definition) is 2. The molecule has 0 aliphatic carbocycles. The number of aliphatic carboxylic acids is 1. The number of carbonyl (C=O) groups excluding carboxylic acids is 1. The standard InChI is InChI=1S/C18H33NO7S2/c20-17(4-2-1-3-16-5-14-27-28-16)19-6-7-23-8-9-24-10-11-25-12-13-26-15-18(21)22/h16H,1-15H2,(H,19,20)(H,21,22)/t16-/m1/s1. The minimum atomic E-state index is -0.990. The Morgan fingerprint density at radius 2 is 1.57 bits per heavy atom. The fraction of sp³-hybridized carbons (Fsp3) is 0.889. The van der Waals surface area contributed by atoms with Gasteiger partial charge >= 0.3 is 5.97 Å². The van der Waals surface area contributed by atoms with Crippen LogP contribution in [0.3, 0.4) is 0 Å². The molecule has 1 heterocycles. The van der Waals surface area contributed by atoms with Gasteiger partial charge in [-0.1, -0.05) is 28.0 Å². The van der Waals surface area contributed by atoms with E-state index in [0.717, 1.165) is 18.1 Å². The molecule has 10 heteroatoms. The second-order valence-electron chi connectivity index (χ2n) is 6.21. The molecule has 1 atom stereocenters. The SMILES string of the molecule is O=C(O)COCCOCCOCCOCCNC(=O)CCCC[C@@H]1CCSS1. The average molecular weight is 440 g/mol. The Morgan fingerprint density at radius 3 is 2.18 bits per heavy atom. The fourth-order valence-corrected chi connectivity index (χ4v) is 5.42. The first-order valence-corrected chi connectivity index (χ1v) is 12.1. The summed E-state index contributed by atoms with van der Waals surface area (Å²) in [6.45, 7) is 3.07. The normalized spacial score (nSPS) is 16.4. The molecule has 0 bridgehead atoms. The average Bonchev–Trinajstić information content (AvgIpc) is 3.19. The van der Waals surface area contributed by atoms with Crippen LogP contribution in [0.15, 0.2) is 0 Å². The van der Waals surface area contributed by atoms with Crippen molar-refractivity contribution in [3.8, 4) is 0 Å². The van der Waals surface area contributed by atoms with E-state index < -0.39 is 5.97 Å². The van der Waals surface area contributed by atoms with Crippen molar-refractivity contribution in [3.63, 3.8) is 0 Å². The molecule has 1 rings (SSSR count). The summed E-state index contributed by atoms with van der Waals surface area (Å²) >= 11 is 0. The van der Waals surface area contributed by atoms with E-state index in [0.29, 0.717) is 52.6 Å². The van der Waals surface area contributed by atoms with E-state index in [9.17, 15) is 9.59 Å². The highest BCUT2D eigenvalue weighted by atomic mass is 33.1. The predicted molar refractivity (Wildman–Crippen MR) is 111 cm³/mol. The molecular formula is C18H33NO7S2. The maximum atomic E-state index is 11.7. The molecule has 0 saturated carbocycles. The van der Waals surface area contributed by atoms with Crippen molar-refractivity contribution in [1.82, 2.24) is 5.32 Å². The van der Waals surface area contributed by atoms with Crippen LogP contribution in [0, 0.1) is 0 Å². The second kappa shape index (κ2) is 18.5. The van der Waals surface area contributed by atoms with Crippen LogP contribution in [0.2, 0.25) is 0 Å². The van der Waals surface area contributed by atoms with Crippen molar-refractivity contribution in [2.24, 2.45) is 0 Å². The van der Waals surface area contributed by atoms with Crippen molar-refractivity contribution in [3.05, 3.63) is 0 Å². The van der Waals surface area contributed by atoms with Gasteiger partial charge in [0.25, 0.3) is 0 Å². The van der Waals surface area contributed by atoms with Crippen molar-refractivity contribution >= 4 is 33.5 Å². The third-order valence-corrected chi connectivity index (χ3v) is 6.82. The van der Waals surface area contributed by atoms with E-state index in [1.807, 2.05) is 21.6 Å². The van der Waals surface area contributed by atoms with Gasteiger partial charge in [-0.25, -0.2) is 4.79 Å². The molecule has 1 aliphatic rings. The molecule has 2 N–H and O–H groups in total. The predicted octanol–water partition coefficient (Wildman–Crippen LogP) is 1.97. The summed E-state index contributed by atoms with van der Waals surface area (Å²) in [4.78, 5) is 21.9. The summed E-state index contributed by atoms with van der Waals surface area (Å²) in [5, 5.41) is 12.0. The second-order valence-corrected chi connectivity index (χ2v) is 9.00. The van der Waals surface area contributed by atoms with Gasteiger partial charge < -0.3 is 29.4 Å². The van der Waals surface area contributed by atoms with E-state index in [1.54, 1.807) is 0 Å². The van der Waals surface area contributed by atoms with Crippen molar-refractivity contribution < 1.29 is 33.6 Å². The van der Waals surface area contributed by atoms with Gasteiger partial charge in [-0.15, -0.1) is 0 Å². The highest BCUT2D eigenvalue weighted by molar-refractivity contribution is 8.77. The Labute approximate surface area is 175 Å². The van der Waals surface area contributed by atoms with Crippen molar-refractivity contribution in [2.45, 2.75) is 37.4 Å². The first-order valence-electron chi connectivity index (χ1n) is 9.76. The van der Waals surface area contributed by atoms with Gasteiger partial charge in [-0.05, 0) is 19.3 Å². The largest absolute Gasteiger partial charge is 0.480 e. The maximum Gasteiger partial charge on any atom is 0.329 e. The lowest BCUT2D eigenvalue weighted by molar-refractivity contribution is -0.142. The number of unbranched alkanes of at least 4 members (excludes halogenated alkanes) is 1. The van der Waals surface area contributed by atoms with Crippen LogP contribution in [-0.4, -0.2) is 87.4 Å². The lowest BCUT2D eigenvalue weighted by atomic mass is 10.1. The Kier molecular flexibility index (Phi) is 16.9. The fourth-order valence-electron chi connectivity index (χ4n) is 2.39. The molecule has 0 aromatic rings. The van der Waals surface area contributed by atoms with E-state index in [-0.39, 0.29) is 19.1 Å². The number of amides is 1. The van der Waals surface area contributed by atoms with Crippen LogP contribution < -0.4 is 5.32 Å². The maximum absolute atomic E-state index is 11.7. The monoisotopic (exact) mass is 439 g/mol. The van der Waals surface area contributed by atoms with Gasteiger partial charge in [0.15, 0.2) is 0 Å². The Balaban J connectivity index is 1.72. The van der Waals surface area contributed by atoms with Crippen LogP contribution in [0.1, 0.15) is 32.1 Å². The summed E-state index contributed by atoms with van der Waals surface area (Å²) in [6, 6.07) is 0. The molecule has 28 heavy (non-hydrogen) atoms. The van der Waals surface area contributed by atoms with E-state index in [4.69, 9.17) is 24.1 Å². The first-order chi connectivity index (χ1) is 13.7. The third-order valence-electron chi connectivity index (χ3n) is 3.82. The number of hydrogen-bond acceptors (Lipinski definition) is 8. The van der Waals surface area contributed by atoms with Crippen LogP contribution in [-0.2, 0) is 28.5 Å². The number of carboxylic acids is 1. The minimum Gasteiger partial charge on any atom is -0.480 e. The quantitative estimate of drug-likeness (QED) is 0.231. The van der Waals surface area contributed by atoms with Gasteiger partial charge in [0.05, 0.1) is 46.2 Å². The molecule has 0 aromatic carbocycles. The van der Waals surface area contributed by atoms with Gasteiger partial charge in [0.2, 0.25) is 5.91 Å². The molecule has 0 spiro atoms. The molecule has 8 nitrogen and oxygen atoms in total. The molecule has 0 radical (unpaired) electrons. The zero-order valence-electron chi connectivity index (χ0n) is 16.4. The Morgan fingerprint density at radius 1 is 0.929 bits per heavy atom. The summed E-state index contributed by atoms with van der Waals surface area (Å²) < 4.78 is 20.8. The molecule has 1 aliphatic heterocycles. The minimum absolute atomic E-state index is 0.0952. The highest BCUT2D eigenvalue weighted by Gasteiger charge is 2.15. The van der Waals surface area contributed by atoms with E-state index in [2.05, 4.69) is 5.32 Å². The molecule has 0 unspecified atom stereocenters. The van der Waals surface area contributed by atoms with Gasteiger partial charge in [0.1, 0.15) is 6.61 Å².